The molecule has 9 nitrogen and oxygen atoms in total. The topological polar surface area (TPSA) is 97.4 Å². The monoisotopic (exact) mass is 421 g/mol. The molecule has 0 aliphatic carbocycles. The van der Waals surface area contributed by atoms with Crippen LogP contribution in [0.5, 0.6) is 0 Å². The van der Waals surface area contributed by atoms with Crippen LogP contribution in [0.2, 0.25) is 0 Å². The van der Waals surface area contributed by atoms with Crippen LogP contribution in [-0.2, 0) is 25.6 Å². The summed E-state index contributed by atoms with van der Waals surface area (Å²) in [4.78, 5) is 39.9. The molecule has 1 aliphatic rings. The smallest absolute Gasteiger partial charge is 0.410 e. The Morgan fingerprint density at radius 2 is 1.70 bits per heavy atom. The van der Waals surface area contributed by atoms with Gasteiger partial charge >= 0.3 is 18.2 Å². The first-order valence-corrected chi connectivity index (χ1v) is 9.94. The Kier molecular flexibility index (Phi) is 8.46. The Morgan fingerprint density at radius 1 is 1.07 bits per heavy atom. The van der Waals surface area contributed by atoms with Gasteiger partial charge in [-0.25, -0.2) is 9.59 Å². The van der Waals surface area contributed by atoms with Gasteiger partial charge in [0.25, 0.3) is 0 Å². The molecule has 1 aromatic rings. The average Bonchev–Trinajstić information content (AvgIpc) is 2.71. The van der Waals surface area contributed by atoms with E-state index >= 15 is 0 Å². The van der Waals surface area contributed by atoms with E-state index in [2.05, 4.69) is 5.32 Å². The highest BCUT2D eigenvalue weighted by Crippen LogP contribution is 2.11. The predicted octanol–water partition coefficient (Wildman–Crippen LogP) is 2.01. The fourth-order valence-corrected chi connectivity index (χ4v) is 3.02. The third kappa shape index (κ3) is 7.55. The number of alkyl carbamates (subject to hydrolysis) is 1. The number of carbonyl (C=O) groups is 3. The van der Waals surface area contributed by atoms with Gasteiger partial charge in [-0.2, -0.15) is 0 Å². The molecule has 1 aromatic carbocycles. The molecule has 2 amide bonds. The Morgan fingerprint density at radius 3 is 2.27 bits per heavy atom. The number of piperazine rings is 1. The zero-order chi connectivity index (χ0) is 22.1. The van der Waals surface area contributed by atoms with Crippen LogP contribution in [0.1, 0.15) is 26.3 Å². The molecule has 30 heavy (non-hydrogen) atoms. The molecule has 0 unspecified atom stereocenters. The van der Waals surface area contributed by atoms with Crippen molar-refractivity contribution in [3.63, 3.8) is 0 Å². The molecule has 166 valence electrons. The number of amides is 2. The standard InChI is InChI=1S/C21H31N3O6/c1-21(2,3)30-19(26)22-14-17(18(25)28-4)23-10-12-24(13-11-23)20(27)29-15-16-8-6-5-7-9-16/h5-9,17H,10-15H2,1-4H3,(H,22,26)/t17-/m0/s1. The van der Waals surface area contributed by atoms with Crippen molar-refractivity contribution in [3.8, 4) is 0 Å². The molecule has 1 heterocycles. The number of ether oxygens (including phenoxy) is 3. The van der Waals surface area contributed by atoms with Gasteiger partial charge in [0.2, 0.25) is 0 Å². The van der Waals surface area contributed by atoms with Gasteiger partial charge in [0.1, 0.15) is 18.2 Å². The highest BCUT2D eigenvalue weighted by atomic mass is 16.6. The van der Waals surface area contributed by atoms with E-state index in [1.165, 1.54) is 7.11 Å². The Labute approximate surface area is 177 Å². The van der Waals surface area contributed by atoms with Crippen LogP contribution in [0, 0.1) is 0 Å². The van der Waals surface area contributed by atoms with Crippen molar-refractivity contribution in [1.82, 2.24) is 15.1 Å². The van der Waals surface area contributed by atoms with E-state index in [1.54, 1.807) is 25.7 Å². The number of hydrogen-bond donors (Lipinski definition) is 1. The quantitative estimate of drug-likeness (QED) is 0.554. The predicted molar refractivity (Wildman–Crippen MR) is 110 cm³/mol. The minimum atomic E-state index is -0.662. The zero-order valence-corrected chi connectivity index (χ0v) is 18.1. The number of benzene rings is 1. The van der Waals surface area contributed by atoms with Gasteiger partial charge in [-0.05, 0) is 26.3 Å². The molecule has 0 radical (unpaired) electrons. The fourth-order valence-electron chi connectivity index (χ4n) is 3.02. The van der Waals surface area contributed by atoms with Crippen molar-refractivity contribution in [1.29, 1.82) is 0 Å². The van der Waals surface area contributed by atoms with Crippen molar-refractivity contribution in [2.24, 2.45) is 0 Å². The van der Waals surface area contributed by atoms with E-state index in [4.69, 9.17) is 14.2 Å². The minimum Gasteiger partial charge on any atom is -0.468 e. The van der Waals surface area contributed by atoms with Crippen molar-refractivity contribution < 1.29 is 28.6 Å². The van der Waals surface area contributed by atoms with Crippen LogP contribution in [0.4, 0.5) is 9.59 Å². The summed E-state index contributed by atoms with van der Waals surface area (Å²) < 4.78 is 15.5. The van der Waals surface area contributed by atoms with Crippen LogP contribution in [-0.4, -0.2) is 79.4 Å². The zero-order valence-electron chi connectivity index (χ0n) is 18.1. The van der Waals surface area contributed by atoms with Gasteiger partial charge < -0.3 is 24.4 Å². The Balaban J connectivity index is 1.83. The van der Waals surface area contributed by atoms with Gasteiger partial charge in [-0.3, -0.25) is 9.69 Å². The van der Waals surface area contributed by atoms with Crippen LogP contribution >= 0.6 is 0 Å². The largest absolute Gasteiger partial charge is 0.468 e. The van der Waals surface area contributed by atoms with E-state index in [1.807, 2.05) is 35.2 Å². The minimum absolute atomic E-state index is 0.0556. The first-order valence-electron chi connectivity index (χ1n) is 9.94. The van der Waals surface area contributed by atoms with Gasteiger partial charge in [0.15, 0.2) is 0 Å². The first kappa shape index (κ1) is 23.5. The van der Waals surface area contributed by atoms with Crippen LogP contribution in [0.15, 0.2) is 30.3 Å². The van der Waals surface area contributed by atoms with E-state index in [0.717, 1.165) is 5.56 Å². The second-order valence-corrected chi connectivity index (χ2v) is 7.98. The third-order valence-electron chi connectivity index (χ3n) is 4.53. The maximum absolute atomic E-state index is 12.3. The summed E-state index contributed by atoms with van der Waals surface area (Å²) in [6, 6.07) is 8.80. The number of nitrogens with zero attached hydrogens (tertiary/aromatic N) is 2. The van der Waals surface area contributed by atoms with Crippen LogP contribution < -0.4 is 5.32 Å². The summed E-state index contributed by atoms with van der Waals surface area (Å²) in [5, 5.41) is 2.62. The lowest BCUT2D eigenvalue weighted by Gasteiger charge is -2.37. The maximum atomic E-state index is 12.3. The summed E-state index contributed by atoms with van der Waals surface area (Å²) in [6.45, 7) is 7.29. The molecule has 2 rings (SSSR count). The molecule has 1 atom stereocenters. The fraction of sp³-hybridized carbons (Fsp3) is 0.571. The summed E-state index contributed by atoms with van der Waals surface area (Å²) in [6.07, 6.45) is -0.987. The number of carbonyl (C=O) groups excluding carboxylic acids is 3. The molecular formula is C21H31N3O6. The van der Waals surface area contributed by atoms with E-state index in [9.17, 15) is 14.4 Å². The summed E-state index contributed by atoms with van der Waals surface area (Å²) in [5.74, 6) is -0.453. The van der Waals surface area contributed by atoms with Crippen LogP contribution in [0.3, 0.4) is 0 Å². The van der Waals surface area contributed by atoms with E-state index < -0.39 is 23.7 Å². The molecule has 9 heteroatoms. The first-order chi connectivity index (χ1) is 14.2. The molecule has 1 aliphatic heterocycles. The number of esters is 1. The number of hydrogen-bond acceptors (Lipinski definition) is 7. The normalized spacial score (nSPS) is 15.8. The maximum Gasteiger partial charge on any atom is 0.410 e. The van der Waals surface area contributed by atoms with Crippen molar-refractivity contribution in [2.75, 3.05) is 39.8 Å². The number of rotatable bonds is 6. The lowest BCUT2D eigenvalue weighted by Crippen LogP contribution is -2.57. The van der Waals surface area contributed by atoms with Crippen molar-refractivity contribution in [2.45, 2.75) is 39.0 Å². The molecule has 1 saturated heterocycles. The molecule has 1 fully saturated rings. The van der Waals surface area contributed by atoms with Gasteiger partial charge in [-0.1, -0.05) is 30.3 Å². The van der Waals surface area contributed by atoms with Gasteiger partial charge in [0, 0.05) is 32.7 Å². The SMILES string of the molecule is COC(=O)[C@H](CNC(=O)OC(C)(C)C)N1CCN(C(=O)OCc2ccccc2)CC1. The summed E-state index contributed by atoms with van der Waals surface area (Å²) in [5.41, 5.74) is 0.291. The van der Waals surface area contributed by atoms with Gasteiger partial charge in [0.05, 0.1) is 7.11 Å². The number of nitrogens with one attached hydrogen (secondary N) is 1. The Hall–Kier alpha value is -2.81. The second kappa shape index (κ2) is 10.8. The van der Waals surface area contributed by atoms with E-state index in [0.29, 0.717) is 26.2 Å². The van der Waals surface area contributed by atoms with Crippen molar-refractivity contribution in [3.05, 3.63) is 35.9 Å². The lowest BCUT2D eigenvalue weighted by molar-refractivity contribution is -0.147. The molecule has 1 N–H and O–H groups in total. The highest BCUT2D eigenvalue weighted by molar-refractivity contribution is 5.77. The lowest BCUT2D eigenvalue weighted by atomic mass is 10.2. The summed E-state index contributed by atoms with van der Waals surface area (Å²) in [7, 11) is 1.31. The molecule has 0 spiro atoms. The van der Waals surface area contributed by atoms with Crippen LogP contribution in [0.25, 0.3) is 0 Å². The second-order valence-electron chi connectivity index (χ2n) is 7.98. The Bertz CT molecular complexity index is 711. The molecule has 0 bridgehead atoms. The van der Waals surface area contributed by atoms with Gasteiger partial charge in [-0.15, -0.1) is 0 Å². The van der Waals surface area contributed by atoms with Crippen molar-refractivity contribution >= 4 is 18.2 Å². The summed E-state index contributed by atoms with van der Waals surface area (Å²) >= 11 is 0. The average molecular weight is 421 g/mol. The molecular weight excluding hydrogens is 390 g/mol. The molecule has 0 aromatic heterocycles. The third-order valence-corrected chi connectivity index (χ3v) is 4.53. The van der Waals surface area contributed by atoms with E-state index in [-0.39, 0.29) is 19.2 Å². The highest BCUT2D eigenvalue weighted by Gasteiger charge is 2.32. The number of methoxy groups -OCH3 is 1. The molecule has 0 saturated carbocycles.